The summed E-state index contributed by atoms with van der Waals surface area (Å²) in [6.07, 6.45) is 0. The molecule has 0 fully saturated rings. The topological polar surface area (TPSA) is 0 Å². The van der Waals surface area contributed by atoms with Gasteiger partial charge in [-0.1, -0.05) is 0 Å². The molecule has 0 aliphatic heterocycles. The van der Waals surface area contributed by atoms with E-state index in [1.165, 1.54) is 14.5 Å². The summed E-state index contributed by atoms with van der Waals surface area (Å²) in [5, 5.41) is 0. The fourth-order valence-corrected chi connectivity index (χ4v) is 3.22. The van der Waals surface area contributed by atoms with Crippen LogP contribution in [-0.2, 0) is 0 Å². The minimum absolute atomic E-state index is 0.451. The third kappa shape index (κ3) is 2.25. The molecule has 0 spiro atoms. The Kier molecular flexibility index (Phi) is 3.03. The maximum absolute atomic E-state index is 2.22. The van der Waals surface area contributed by atoms with E-state index in [4.69, 9.17) is 0 Å². The van der Waals surface area contributed by atoms with Gasteiger partial charge < -0.3 is 0 Å². The summed E-state index contributed by atoms with van der Waals surface area (Å²) < 4.78 is 2.92. The third-order valence-electron chi connectivity index (χ3n) is 2.06. The van der Waals surface area contributed by atoms with Crippen LogP contribution in [0.1, 0.15) is 5.56 Å². The first-order chi connectivity index (χ1) is 6.86. The molecule has 0 aliphatic rings. The molecule has 2 aromatic carbocycles. The van der Waals surface area contributed by atoms with Crippen LogP contribution in [0, 0.1) is 6.92 Å². The van der Waals surface area contributed by atoms with Crippen molar-refractivity contribution in [2.45, 2.75) is 6.92 Å². The number of aryl methyl sites for hydroxylation is 1. The van der Waals surface area contributed by atoms with Crippen molar-refractivity contribution < 1.29 is 0 Å². The van der Waals surface area contributed by atoms with Gasteiger partial charge in [-0.25, -0.2) is 0 Å². The fraction of sp³-hybridized carbons (Fsp3) is 0.0769. The zero-order chi connectivity index (χ0) is 9.80. The average molecular weight is 247 g/mol. The molecule has 0 nitrogen and oxygen atoms in total. The van der Waals surface area contributed by atoms with E-state index >= 15 is 0 Å². The SMILES string of the molecule is Cc1ccccc1[Se]c1ccccc1. The van der Waals surface area contributed by atoms with Crippen LogP contribution in [0.5, 0.6) is 0 Å². The van der Waals surface area contributed by atoms with Gasteiger partial charge in [0.05, 0.1) is 0 Å². The molecule has 0 atom stereocenters. The van der Waals surface area contributed by atoms with Crippen LogP contribution in [-0.4, -0.2) is 15.0 Å². The number of hydrogen-bond donors (Lipinski definition) is 0. The van der Waals surface area contributed by atoms with Gasteiger partial charge in [-0.2, -0.15) is 0 Å². The van der Waals surface area contributed by atoms with Gasteiger partial charge in [-0.15, -0.1) is 0 Å². The van der Waals surface area contributed by atoms with Crippen molar-refractivity contribution in [3.05, 3.63) is 60.2 Å². The predicted octanol–water partition coefficient (Wildman–Crippen LogP) is 1.65. The molecule has 2 rings (SSSR count). The van der Waals surface area contributed by atoms with Crippen molar-refractivity contribution >= 4 is 23.9 Å². The summed E-state index contributed by atoms with van der Waals surface area (Å²) >= 11 is 0.451. The molecule has 0 saturated carbocycles. The first kappa shape index (κ1) is 9.51. The van der Waals surface area contributed by atoms with Gasteiger partial charge in [0.25, 0.3) is 0 Å². The molecular weight excluding hydrogens is 235 g/mol. The maximum atomic E-state index is 2.22. The van der Waals surface area contributed by atoms with Crippen molar-refractivity contribution in [2.24, 2.45) is 0 Å². The van der Waals surface area contributed by atoms with E-state index in [0.717, 1.165) is 0 Å². The Balaban J connectivity index is 2.24. The number of benzene rings is 2. The van der Waals surface area contributed by atoms with Crippen LogP contribution in [0.4, 0.5) is 0 Å². The Morgan fingerprint density at radius 1 is 0.786 bits per heavy atom. The summed E-state index contributed by atoms with van der Waals surface area (Å²) in [6, 6.07) is 19.3. The number of rotatable bonds is 2. The quantitative estimate of drug-likeness (QED) is 0.708. The van der Waals surface area contributed by atoms with E-state index in [9.17, 15) is 0 Å². The third-order valence-corrected chi connectivity index (χ3v) is 4.55. The molecule has 2 aromatic rings. The Hall–Kier alpha value is -1.04. The standard InChI is InChI=1S/C13H12Se/c1-11-7-5-6-10-13(11)14-12-8-3-2-4-9-12/h2-10H,1H3. The second-order valence-corrected chi connectivity index (χ2v) is 5.52. The first-order valence-electron chi connectivity index (χ1n) is 4.65. The summed E-state index contributed by atoms with van der Waals surface area (Å²) in [5.74, 6) is 0. The molecule has 1 heteroatoms. The van der Waals surface area contributed by atoms with Gasteiger partial charge in [0.1, 0.15) is 0 Å². The van der Waals surface area contributed by atoms with Crippen LogP contribution in [0.3, 0.4) is 0 Å². The normalized spacial score (nSPS) is 10.1. The molecule has 0 bridgehead atoms. The van der Waals surface area contributed by atoms with Gasteiger partial charge in [-0.3, -0.25) is 0 Å². The summed E-state index contributed by atoms with van der Waals surface area (Å²) in [4.78, 5) is 0. The first-order valence-corrected chi connectivity index (χ1v) is 6.36. The van der Waals surface area contributed by atoms with Crippen LogP contribution < -0.4 is 8.92 Å². The van der Waals surface area contributed by atoms with Crippen LogP contribution in [0.25, 0.3) is 0 Å². The second-order valence-electron chi connectivity index (χ2n) is 3.18. The van der Waals surface area contributed by atoms with E-state index in [0.29, 0.717) is 15.0 Å². The van der Waals surface area contributed by atoms with Crippen LogP contribution in [0.15, 0.2) is 54.6 Å². The fourth-order valence-electron chi connectivity index (χ4n) is 1.29. The monoisotopic (exact) mass is 248 g/mol. The van der Waals surface area contributed by atoms with Crippen LogP contribution >= 0.6 is 0 Å². The van der Waals surface area contributed by atoms with Gasteiger partial charge >= 0.3 is 91.0 Å². The summed E-state index contributed by atoms with van der Waals surface area (Å²) in [5.41, 5.74) is 1.40. The molecule has 0 amide bonds. The van der Waals surface area contributed by atoms with E-state index in [1.807, 2.05) is 0 Å². The zero-order valence-electron chi connectivity index (χ0n) is 8.10. The molecule has 70 valence electrons. The van der Waals surface area contributed by atoms with E-state index < -0.39 is 0 Å². The Morgan fingerprint density at radius 2 is 1.43 bits per heavy atom. The molecule has 0 unspecified atom stereocenters. The molecule has 0 N–H and O–H groups in total. The van der Waals surface area contributed by atoms with E-state index in [-0.39, 0.29) is 0 Å². The van der Waals surface area contributed by atoms with Crippen molar-refractivity contribution in [3.8, 4) is 0 Å². The molecule has 0 radical (unpaired) electrons. The molecule has 0 saturated heterocycles. The van der Waals surface area contributed by atoms with Gasteiger partial charge in [-0.05, 0) is 0 Å². The molecule has 14 heavy (non-hydrogen) atoms. The minimum atomic E-state index is 0.451. The van der Waals surface area contributed by atoms with Gasteiger partial charge in [0.2, 0.25) is 0 Å². The molecule has 0 aliphatic carbocycles. The van der Waals surface area contributed by atoms with Crippen molar-refractivity contribution in [1.29, 1.82) is 0 Å². The van der Waals surface area contributed by atoms with Gasteiger partial charge in [0.15, 0.2) is 0 Å². The zero-order valence-corrected chi connectivity index (χ0v) is 9.82. The molecule has 0 aromatic heterocycles. The van der Waals surface area contributed by atoms with Crippen molar-refractivity contribution in [3.63, 3.8) is 0 Å². The van der Waals surface area contributed by atoms with E-state index in [1.54, 1.807) is 0 Å². The Bertz CT molecular complexity index is 407. The number of hydrogen-bond acceptors (Lipinski definition) is 0. The molecule has 0 heterocycles. The summed E-state index contributed by atoms with van der Waals surface area (Å²) in [6.45, 7) is 2.18. The van der Waals surface area contributed by atoms with Crippen molar-refractivity contribution in [1.82, 2.24) is 0 Å². The molecular formula is C13H12Se. The van der Waals surface area contributed by atoms with Crippen LogP contribution in [0.2, 0.25) is 0 Å². The van der Waals surface area contributed by atoms with Crippen molar-refractivity contribution in [2.75, 3.05) is 0 Å². The predicted molar refractivity (Wildman–Crippen MR) is 62.6 cm³/mol. The Morgan fingerprint density at radius 3 is 2.14 bits per heavy atom. The Labute approximate surface area is 91.1 Å². The van der Waals surface area contributed by atoms with Gasteiger partial charge in [0, 0.05) is 0 Å². The average Bonchev–Trinajstić information content (AvgIpc) is 2.23. The second kappa shape index (κ2) is 4.45. The summed E-state index contributed by atoms with van der Waals surface area (Å²) in [7, 11) is 0. The van der Waals surface area contributed by atoms with E-state index in [2.05, 4.69) is 61.5 Å².